The Morgan fingerprint density at radius 1 is 0.850 bits per heavy atom. The molecule has 0 saturated carbocycles. The van der Waals surface area contributed by atoms with Gasteiger partial charge in [-0.15, -0.1) is 11.3 Å². The van der Waals surface area contributed by atoms with E-state index in [0.717, 1.165) is 44.4 Å². The zero-order valence-corrected chi connectivity index (χ0v) is 23.9. The second kappa shape index (κ2) is 12.5. The number of aliphatic hydroxyl groups is 1. The van der Waals surface area contributed by atoms with Crippen LogP contribution in [0.2, 0.25) is 0 Å². The van der Waals surface area contributed by atoms with Gasteiger partial charge in [-0.25, -0.2) is 0 Å². The molecule has 0 bridgehead atoms. The molecule has 1 N–H and O–H groups in total. The van der Waals surface area contributed by atoms with Crippen molar-refractivity contribution in [3.05, 3.63) is 128 Å². The SMILES string of the molecule is COc1ccc(Cc2sc3c(c2CN(C)Cc2ccccc2)c(=O)c(CO)cn3Cc2ccccc2OC)cc1. The zero-order valence-electron chi connectivity index (χ0n) is 23.1. The third-order valence-corrected chi connectivity index (χ3v) is 8.38. The Morgan fingerprint density at radius 3 is 2.27 bits per heavy atom. The third-order valence-electron chi connectivity index (χ3n) is 7.11. The number of para-hydroxylation sites is 1. The molecule has 40 heavy (non-hydrogen) atoms. The van der Waals surface area contributed by atoms with Gasteiger partial charge >= 0.3 is 0 Å². The number of benzene rings is 3. The molecule has 6 nitrogen and oxygen atoms in total. The van der Waals surface area contributed by atoms with Gasteiger partial charge < -0.3 is 19.1 Å². The molecule has 0 fully saturated rings. The van der Waals surface area contributed by atoms with Gasteiger partial charge in [-0.1, -0.05) is 60.7 Å². The van der Waals surface area contributed by atoms with Crippen LogP contribution in [0.4, 0.5) is 0 Å². The van der Waals surface area contributed by atoms with E-state index in [0.29, 0.717) is 30.5 Å². The lowest BCUT2D eigenvalue weighted by Gasteiger charge is -2.18. The van der Waals surface area contributed by atoms with E-state index in [1.54, 1.807) is 31.8 Å². The summed E-state index contributed by atoms with van der Waals surface area (Å²) < 4.78 is 13.0. The number of ether oxygens (including phenoxy) is 2. The number of nitrogens with zero attached hydrogens (tertiary/aromatic N) is 2. The molecule has 0 spiro atoms. The van der Waals surface area contributed by atoms with Gasteiger partial charge in [0.1, 0.15) is 16.3 Å². The average molecular weight is 555 g/mol. The number of methoxy groups -OCH3 is 2. The van der Waals surface area contributed by atoms with E-state index in [4.69, 9.17) is 9.47 Å². The lowest BCUT2D eigenvalue weighted by Crippen LogP contribution is -2.20. The minimum atomic E-state index is -0.316. The van der Waals surface area contributed by atoms with Crippen molar-refractivity contribution in [3.8, 4) is 11.5 Å². The second-order valence-corrected chi connectivity index (χ2v) is 11.0. The topological polar surface area (TPSA) is 63.9 Å². The first-order chi connectivity index (χ1) is 19.5. The molecule has 3 aromatic carbocycles. The summed E-state index contributed by atoms with van der Waals surface area (Å²) in [5.74, 6) is 1.60. The largest absolute Gasteiger partial charge is 0.497 e. The fourth-order valence-corrected chi connectivity index (χ4v) is 6.42. The highest BCUT2D eigenvalue weighted by atomic mass is 32.1. The molecule has 0 saturated heterocycles. The van der Waals surface area contributed by atoms with Crippen LogP contribution in [0, 0.1) is 0 Å². The van der Waals surface area contributed by atoms with Crippen LogP contribution in [0.25, 0.3) is 10.2 Å². The molecule has 0 aliphatic carbocycles. The predicted octanol–water partition coefficient (Wildman–Crippen LogP) is 5.84. The average Bonchev–Trinajstić information content (AvgIpc) is 3.33. The fraction of sp³-hybridized carbons (Fsp3) is 0.242. The van der Waals surface area contributed by atoms with E-state index in [1.165, 1.54) is 5.56 Å². The molecule has 2 aromatic heterocycles. The summed E-state index contributed by atoms with van der Waals surface area (Å²) in [6, 6.07) is 26.3. The monoisotopic (exact) mass is 554 g/mol. The van der Waals surface area contributed by atoms with Crippen molar-refractivity contribution in [3.63, 3.8) is 0 Å². The Morgan fingerprint density at radius 2 is 1.57 bits per heavy atom. The van der Waals surface area contributed by atoms with Crippen molar-refractivity contribution in [2.24, 2.45) is 0 Å². The molecule has 206 valence electrons. The summed E-state index contributed by atoms with van der Waals surface area (Å²) >= 11 is 1.65. The van der Waals surface area contributed by atoms with E-state index in [1.807, 2.05) is 54.6 Å². The van der Waals surface area contributed by atoms with Crippen LogP contribution in [0.5, 0.6) is 11.5 Å². The highest BCUT2D eigenvalue weighted by Crippen LogP contribution is 2.34. The molecule has 7 heteroatoms. The number of fused-ring (bicyclic) bond motifs is 1. The Bertz CT molecular complexity index is 1640. The third kappa shape index (κ3) is 5.97. The van der Waals surface area contributed by atoms with E-state index in [2.05, 4.69) is 40.8 Å². The van der Waals surface area contributed by atoms with Gasteiger partial charge in [0, 0.05) is 41.7 Å². The summed E-state index contributed by atoms with van der Waals surface area (Å²) in [6.07, 6.45) is 2.49. The molecule has 2 heterocycles. The highest BCUT2D eigenvalue weighted by molar-refractivity contribution is 7.18. The van der Waals surface area contributed by atoms with Crippen LogP contribution < -0.4 is 14.9 Å². The molecule has 0 aliphatic rings. The lowest BCUT2D eigenvalue weighted by atomic mass is 10.0. The van der Waals surface area contributed by atoms with Crippen molar-refractivity contribution in [2.45, 2.75) is 32.7 Å². The standard InChI is InChI=1S/C33H34N2O4S/c1-34(18-24-9-5-4-6-10-24)21-28-30(17-23-13-15-27(38-2)16-14-23)40-33-31(28)32(37)26(22-36)20-35(33)19-25-11-7-8-12-29(25)39-3/h4-16,20,36H,17-19,21-22H2,1-3H3. The van der Waals surface area contributed by atoms with Crippen LogP contribution in [-0.4, -0.2) is 35.8 Å². The Hall–Kier alpha value is -3.91. The normalized spacial score (nSPS) is 11.3. The smallest absolute Gasteiger partial charge is 0.196 e. The summed E-state index contributed by atoms with van der Waals surface area (Å²) in [5.41, 5.74) is 4.67. The number of thiophene rings is 1. The molecule has 5 aromatic rings. The van der Waals surface area contributed by atoms with Gasteiger partial charge in [0.25, 0.3) is 0 Å². The molecule has 0 aliphatic heterocycles. The highest BCUT2D eigenvalue weighted by Gasteiger charge is 2.22. The van der Waals surface area contributed by atoms with Crippen LogP contribution in [-0.2, 0) is 32.7 Å². The lowest BCUT2D eigenvalue weighted by molar-refractivity contribution is 0.280. The van der Waals surface area contributed by atoms with Gasteiger partial charge in [-0.05, 0) is 41.9 Å². The maximum absolute atomic E-state index is 13.8. The first kappa shape index (κ1) is 27.6. The number of aliphatic hydroxyl groups excluding tert-OH is 1. The minimum absolute atomic E-state index is 0.103. The van der Waals surface area contributed by atoms with Crippen LogP contribution in [0.1, 0.15) is 32.7 Å². The van der Waals surface area contributed by atoms with Crippen molar-refractivity contribution >= 4 is 21.6 Å². The van der Waals surface area contributed by atoms with Gasteiger partial charge in [0.15, 0.2) is 5.43 Å². The molecule has 0 atom stereocenters. The summed E-state index contributed by atoms with van der Waals surface area (Å²) in [6.45, 7) is 1.58. The molecule has 0 radical (unpaired) electrons. The second-order valence-electron chi connectivity index (χ2n) is 9.95. The quantitative estimate of drug-likeness (QED) is 0.222. The first-order valence-corrected chi connectivity index (χ1v) is 14.1. The van der Waals surface area contributed by atoms with Gasteiger partial charge in [0.05, 0.1) is 32.8 Å². The number of pyridine rings is 1. The summed E-state index contributed by atoms with van der Waals surface area (Å²) in [7, 11) is 5.41. The van der Waals surface area contributed by atoms with Crippen LogP contribution in [0.15, 0.2) is 89.9 Å². The predicted molar refractivity (Wildman–Crippen MR) is 162 cm³/mol. The summed E-state index contributed by atoms with van der Waals surface area (Å²) in [5, 5.41) is 10.9. The molecular formula is C33H34N2O4S. The minimum Gasteiger partial charge on any atom is -0.497 e. The fourth-order valence-electron chi connectivity index (χ4n) is 5.11. The van der Waals surface area contributed by atoms with Gasteiger partial charge in [0.2, 0.25) is 0 Å². The Kier molecular flexibility index (Phi) is 8.65. The van der Waals surface area contributed by atoms with Crippen molar-refractivity contribution in [2.75, 3.05) is 21.3 Å². The van der Waals surface area contributed by atoms with E-state index >= 15 is 0 Å². The zero-order chi connectivity index (χ0) is 28.1. The summed E-state index contributed by atoms with van der Waals surface area (Å²) in [4.78, 5) is 18.1. The maximum Gasteiger partial charge on any atom is 0.196 e. The van der Waals surface area contributed by atoms with Crippen molar-refractivity contribution in [1.82, 2.24) is 9.47 Å². The van der Waals surface area contributed by atoms with Gasteiger partial charge in [-0.3, -0.25) is 9.69 Å². The van der Waals surface area contributed by atoms with E-state index in [9.17, 15) is 9.90 Å². The number of aromatic nitrogens is 1. The number of hydrogen-bond acceptors (Lipinski definition) is 6. The van der Waals surface area contributed by atoms with Crippen LogP contribution in [0.3, 0.4) is 0 Å². The molecule has 0 unspecified atom stereocenters. The Balaban J connectivity index is 1.63. The molecular weight excluding hydrogens is 520 g/mol. The van der Waals surface area contributed by atoms with Crippen LogP contribution >= 0.6 is 11.3 Å². The maximum atomic E-state index is 13.8. The first-order valence-electron chi connectivity index (χ1n) is 13.3. The molecule has 5 rings (SSSR count). The van der Waals surface area contributed by atoms with Crippen molar-refractivity contribution < 1.29 is 14.6 Å². The van der Waals surface area contributed by atoms with Crippen molar-refractivity contribution in [1.29, 1.82) is 0 Å². The van der Waals surface area contributed by atoms with Gasteiger partial charge in [-0.2, -0.15) is 0 Å². The number of hydrogen-bond donors (Lipinski definition) is 1. The number of rotatable bonds is 11. The Labute approximate surface area is 238 Å². The molecule has 0 amide bonds. The van der Waals surface area contributed by atoms with E-state index < -0.39 is 0 Å². The van der Waals surface area contributed by atoms with E-state index in [-0.39, 0.29) is 12.0 Å².